The molecule has 0 spiro atoms. The van der Waals surface area contributed by atoms with Gasteiger partial charge >= 0.3 is 0 Å². The lowest BCUT2D eigenvalue weighted by atomic mass is 10.1. The van der Waals surface area contributed by atoms with Crippen molar-refractivity contribution in [2.75, 3.05) is 13.6 Å². The molecule has 1 saturated carbocycles. The third-order valence-corrected chi connectivity index (χ3v) is 6.85. The second-order valence-electron chi connectivity index (χ2n) is 9.41. The van der Waals surface area contributed by atoms with Crippen LogP contribution in [-0.2, 0) is 24.4 Å². The molecule has 37 heavy (non-hydrogen) atoms. The molecule has 6 rings (SSSR count). The van der Waals surface area contributed by atoms with Crippen LogP contribution in [-0.4, -0.2) is 35.5 Å². The zero-order valence-corrected chi connectivity index (χ0v) is 20.2. The number of carbonyl (C=O) groups is 2. The van der Waals surface area contributed by atoms with E-state index in [9.17, 15) is 9.59 Å². The molecule has 0 atom stereocenters. The Morgan fingerprint density at radius 1 is 0.838 bits per heavy atom. The van der Waals surface area contributed by atoms with Crippen molar-refractivity contribution in [3.63, 3.8) is 0 Å². The topological polar surface area (TPSA) is 112 Å². The number of amides is 2. The predicted molar refractivity (Wildman–Crippen MR) is 129 cm³/mol. The Morgan fingerprint density at radius 3 is 2.22 bits per heavy atom. The van der Waals surface area contributed by atoms with Gasteiger partial charge in [0.05, 0.1) is 6.54 Å². The number of benzene rings is 2. The van der Waals surface area contributed by atoms with Crippen LogP contribution in [0.3, 0.4) is 0 Å². The zero-order valence-electron chi connectivity index (χ0n) is 20.2. The Hall–Kier alpha value is -4.21. The van der Waals surface area contributed by atoms with Gasteiger partial charge in [-0.25, -0.2) is 0 Å². The van der Waals surface area contributed by atoms with Crippen LogP contribution in [0.1, 0.15) is 53.1 Å². The van der Waals surface area contributed by atoms with E-state index in [2.05, 4.69) is 10.5 Å². The summed E-state index contributed by atoms with van der Waals surface area (Å²) in [4.78, 5) is 27.8. The van der Waals surface area contributed by atoms with Crippen molar-refractivity contribution in [1.82, 2.24) is 15.4 Å². The minimum Gasteiger partial charge on any atom is -0.454 e. The van der Waals surface area contributed by atoms with Gasteiger partial charge in [0.2, 0.25) is 19.5 Å². The summed E-state index contributed by atoms with van der Waals surface area (Å²) in [7, 11) is 0. The number of hydrogen-bond donors (Lipinski definition) is 1. The van der Waals surface area contributed by atoms with E-state index in [1.54, 1.807) is 11.0 Å². The number of nitrogens with zero attached hydrogens (tertiary/aromatic N) is 2. The lowest BCUT2D eigenvalue weighted by Crippen LogP contribution is -2.34. The Labute approximate surface area is 213 Å². The molecule has 0 radical (unpaired) electrons. The average Bonchev–Trinajstić information content (AvgIpc) is 3.73. The summed E-state index contributed by atoms with van der Waals surface area (Å²) in [6, 6.07) is 12.8. The van der Waals surface area contributed by atoms with E-state index in [4.69, 9.17) is 23.5 Å². The van der Waals surface area contributed by atoms with Crippen molar-refractivity contribution < 1.29 is 33.1 Å². The van der Waals surface area contributed by atoms with Crippen LogP contribution in [0.25, 0.3) is 0 Å². The smallest absolute Gasteiger partial charge is 0.273 e. The van der Waals surface area contributed by atoms with Crippen LogP contribution in [0.2, 0.25) is 0 Å². The lowest BCUT2D eigenvalue weighted by Gasteiger charge is -2.25. The number of aromatic nitrogens is 1. The Kier molecular flexibility index (Phi) is 6.30. The average molecular weight is 506 g/mol. The largest absolute Gasteiger partial charge is 0.454 e. The molecule has 1 N–H and O–H groups in total. The van der Waals surface area contributed by atoms with Crippen LogP contribution in [0.15, 0.2) is 47.0 Å². The Morgan fingerprint density at radius 2 is 1.49 bits per heavy atom. The second kappa shape index (κ2) is 10.0. The first-order chi connectivity index (χ1) is 18.1. The van der Waals surface area contributed by atoms with Gasteiger partial charge in [-0.2, -0.15) is 0 Å². The summed E-state index contributed by atoms with van der Waals surface area (Å²) in [5.41, 5.74) is 1.96. The molecular weight excluding hydrogens is 478 g/mol. The lowest BCUT2D eigenvalue weighted by molar-refractivity contribution is -0.137. The summed E-state index contributed by atoms with van der Waals surface area (Å²) in [5, 5.41) is 6.78. The number of hydrogen-bond acceptors (Lipinski definition) is 8. The molecule has 10 heteroatoms. The van der Waals surface area contributed by atoms with Gasteiger partial charge in [-0.05, 0) is 48.2 Å². The van der Waals surface area contributed by atoms with E-state index in [0.717, 1.165) is 36.8 Å². The van der Waals surface area contributed by atoms with E-state index < -0.39 is 0 Å². The fourth-order valence-corrected chi connectivity index (χ4v) is 4.91. The van der Waals surface area contributed by atoms with Gasteiger partial charge in [0.15, 0.2) is 34.5 Å². The first-order valence-electron chi connectivity index (χ1n) is 12.4. The van der Waals surface area contributed by atoms with Gasteiger partial charge in [-0.1, -0.05) is 30.1 Å². The molecule has 2 aliphatic heterocycles. The molecule has 1 aliphatic carbocycles. The summed E-state index contributed by atoms with van der Waals surface area (Å²) in [6.07, 6.45) is 3.90. The van der Waals surface area contributed by atoms with Crippen molar-refractivity contribution in [3.05, 3.63) is 65.0 Å². The normalized spacial score (nSPS) is 15.7. The van der Waals surface area contributed by atoms with E-state index in [1.807, 2.05) is 36.4 Å². The molecule has 0 bridgehead atoms. The van der Waals surface area contributed by atoms with Crippen LogP contribution < -0.4 is 24.3 Å². The number of nitrogens with one attached hydrogen (secondary N) is 1. The molecule has 192 valence electrons. The summed E-state index contributed by atoms with van der Waals surface area (Å²) < 4.78 is 27.1. The highest BCUT2D eigenvalue weighted by Gasteiger charge is 2.29. The van der Waals surface area contributed by atoms with Crippen LogP contribution in [0, 0.1) is 5.92 Å². The minimum absolute atomic E-state index is 0.00130. The van der Waals surface area contributed by atoms with E-state index in [-0.39, 0.29) is 43.6 Å². The Balaban J connectivity index is 1.12. The van der Waals surface area contributed by atoms with Crippen LogP contribution in [0.4, 0.5) is 0 Å². The molecule has 0 saturated heterocycles. The minimum atomic E-state index is -0.364. The van der Waals surface area contributed by atoms with Crippen molar-refractivity contribution in [2.24, 2.45) is 5.92 Å². The molecule has 2 aromatic carbocycles. The predicted octanol–water partition coefficient (Wildman–Crippen LogP) is 3.78. The second-order valence-corrected chi connectivity index (χ2v) is 9.41. The SMILES string of the molecule is O=C(NCc1ccc2c(c1)OCO2)c1cc(CN(Cc2ccc3c(c2)OCO3)C(=O)C2CCCC2)on1. The zero-order chi connectivity index (χ0) is 25.2. The van der Waals surface area contributed by atoms with Crippen molar-refractivity contribution in [3.8, 4) is 23.0 Å². The van der Waals surface area contributed by atoms with Gasteiger partial charge in [0, 0.05) is 25.1 Å². The van der Waals surface area contributed by atoms with E-state index in [1.165, 1.54) is 0 Å². The van der Waals surface area contributed by atoms with Gasteiger partial charge in [-0.15, -0.1) is 0 Å². The molecule has 1 fully saturated rings. The maximum absolute atomic E-state index is 13.4. The van der Waals surface area contributed by atoms with Crippen molar-refractivity contribution in [1.29, 1.82) is 0 Å². The fraction of sp³-hybridized carbons (Fsp3) is 0.370. The van der Waals surface area contributed by atoms with E-state index in [0.29, 0.717) is 41.8 Å². The molecular formula is C27H27N3O7. The number of fused-ring (bicyclic) bond motifs is 2. The highest BCUT2D eigenvalue weighted by Crippen LogP contribution is 2.34. The Bertz CT molecular complexity index is 1320. The van der Waals surface area contributed by atoms with Crippen LogP contribution >= 0.6 is 0 Å². The highest BCUT2D eigenvalue weighted by molar-refractivity contribution is 5.92. The highest BCUT2D eigenvalue weighted by atomic mass is 16.7. The van der Waals surface area contributed by atoms with Gasteiger partial charge in [0.25, 0.3) is 5.91 Å². The molecule has 3 aliphatic rings. The first kappa shape index (κ1) is 23.2. The number of rotatable bonds is 8. The van der Waals surface area contributed by atoms with Gasteiger partial charge in [-0.3, -0.25) is 9.59 Å². The number of carbonyl (C=O) groups excluding carboxylic acids is 2. The standard InChI is InChI=1S/C27H27N3O7/c31-26(28-12-17-5-7-22-24(9-17)35-15-33-22)21-11-20(37-29-21)14-30(27(32)19-3-1-2-4-19)13-18-6-8-23-25(10-18)36-16-34-23/h5-11,19H,1-4,12-16H2,(H,28,31). The molecule has 3 aromatic rings. The monoisotopic (exact) mass is 505 g/mol. The third-order valence-electron chi connectivity index (χ3n) is 6.85. The molecule has 2 amide bonds. The maximum atomic E-state index is 13.4. The van der Waals surface area contributed by atoms with Crippen molar-refractivity contribution >= 4 is 11.8 Å². The molecule has 1 aromatic heterocycles. The quantitative estimate of drug-likeness (QED) is 0.492. The van der Waals surface area contributed by atoms with E-state index >= 15 is 0 Å². The maximum Gasteiger partial charge on any atom is 0.273 e. The van der Waals surface area contributed by atoms with Gasteiger partial charge in [0.1, 0.15) is 0 Å². The fourth-order valence-electron chi connectivity index (χ4n) is 4.91. The van der Waals surface area contributed by atoms with Crippen LogP contribution in [0.5, 0.6) is 23.0 Å². The summed E-state index contributed by atoms with van der Waals surface area (Å²) >= 11 is 0. The van der Waals surface area contributed by atoms with Crippen molar-refractivity contribution in [2.45, 2.75) is 45.3 Å². The summed E-state index contributed by atoms with van der Waals surface area (Å²) in [5.74, 6) is 2.88. The molecule has 0 unspecified atom stereocenters. The first-order valence-corrected chi connectivity index (χ1v) is 12.4. The number of ether oxygens (including phenoxy) is 4. The molecule has 3 heterocycles. The summed E-state index contributed by atoms with van der Waals surface area (Å²) in [6.45, 7) is 1.29. The third kappa shape index (κ3) is 5.04. The van der Waals surface area contributed by atoms with Gasteiger partial charge < -0.3 is 33.7 Å². The molecule has 10 nitrogen and oxygen atoms in total.